The van der Waals surface area contributed by atoms with Crippen molar-refractivity contribution in [2.45, 2.75) is 53.9 Å². The Balaban J connectivity index is 0.00000320. The van der Waals surface area contributed by atoms with Crippen LogP contribution < -0.4 is 9.47 Å². The van der Waals surface area contributed by atoms with Crippen molar-refractivity contribution in [3.8, 4) is 28.9 Å². The van der Waals surface area contributed by atoms with Crippen LogP contribution in [0.25, 0.3) is 11.3 Å². The summed E-state index contributed by atoms with van der Waals surface area (Å²) in [4.78, 5) is 9.12. The summed E-state index contributed by atoms with van der Waals surface area (Å²) in [7, 11) is 0. The molecular weight excluding hydrogens is 645 g/mol. The summed E-state index contributed by atoms with van der Waals surface area (Å²) in [5.74, 6) is 1.95. The largest absolute Gasteiger partial charge is 2.00 e. The van der Waals surface area contributed by atoms with Gasteiger partial charge in [0.1, 0.15) is 5.88 Å². The van der Waals surface area contributed by atoms with Gasteiger partial charge in [0.2, 0.25) is 5.88 Å². The van der Waals surface area contributed by atoms with E-state index in [1.807, 2.05) is 79.2 Å². The number of pyridine rings is 2. The van der Waals surface area contributed by atoms with Crippen LogP contribution in [0.2, 0.25) is 0 Å². The number of aromatic nitrogens is 5. The number of nitrogens with zero attached hydrogens (tertiary/aromatic N) is 5. The summed E-state index contributed by atoms with van der Waals surface area (Å²) in [6, 6.07) is 20.1. The second kappa shape index (κ2) is 10.1. The number of fused-ring (bicyclic) bond motifs is 1. The predicted molar refractivity (Wildman–Crippen MR) is 138 cm³/mol. The van der Waals surface area contributed by atoms with Crippen LogP contribution >= 0.6 is 0 Å². The fourth-order valence-corrected chi connectivity index (χ4v) is 4.07. The normalized spacial score (nSPS) is 11.4. The van der Waals surface area contributed by atoms with Crippen molar-refractivity contribution >= 4 is 5.65 Å². The zero-order valence-corrected chi connectivity index (χ0v) is 24.3. The number of imidazole rings is 1. The summed E-state index contributed by atoms with van der Waals surface area (Å²) in [5, 5.41) is 4.55. The molecule has 5 aromatic rings. The number of hydrogen-bond donors (Lipinski definition) is 0. The first-order valence-corrected chi connectivity index (χ1v) is 11.9. The molecular formula is C29H29N5O2Pt. The fourth-order valence-electron chi connectivity index (χ4n) is 4.07. The van der Waals surface area contributed by atoms with Crippen molar-refractivity contribution in [1.29, 1.82) is 0 Å². The van der Waals surface area contributed by atoms with Crippen molar-refractivity contribution in [2.75, 3.05) is 0 Å². The Kier molecular flexibility index (Phi) is 7.29. The Hall–Kier alpha value is -3.44. The van der Waals surface area contributed by atoms with Crippen molar-refractivity contribution in [3.05, 3.63) is 89.1 Å². The van der Waals surface area contributed by atoms with Crippen molar-refractivity contribution in [2.24, 2.45) is 0 Å². The van der Waals surface area contributed by atoms with Crippen molar-refractivity contribution in [1.82, 2.24) is 24.1 Å². The molecule has 0 radical (unpaired) electrons. The summed E-state index contributed by atoms with van der Waals surface area (Å²) < 4.78 is 16.2. The molecule has 0 unspecified atom stereocenters. The molecule has 0 N–H and O–H groups in total. The van der Waals surface area contributed by atoms with Gasteiger partial charge in [-0.05, 0) is 62.2 Å². The monoisotopic (exact) mass is 674 g/mol. The molecule has 0 saturated heterocycles. The zero-order valence-electron chi connectivity index (χ0n) is 22.0. The molecule has 7 nitrogen and oxygen atoms in total. The van der Waals surface area contributed by atoms with Crippen LogP contribution in [-0.4, -0.2) is 24.1 Å². The summed E-state index contributed by atoms with van der Waals surface area (Å²) in [6.45, 7) is 14.4. The Morgan fingerprint density at radius 3 is 2.38 bits per heavy atom. The Morgan fingerprint density at radius 1 is 0.892 bits per heavy atom. The van der Waals surface area contributed by atoms with Crippen LogP contribution in [0.4, 0.5) is 0 Å². The number of benzene rings is 1. The minimum Gasteiger partial charge on any atom is -0.521 e. The summed E-state index contributed by atoms with van der Waals surface area (Å²) >= 11 is 0. The third-order valence-electron chi connectivity index (χ3n) is 6.08. The van der Waals surface area contributed by atoms with Gasteiger partial charge < -0.3 is 9.47 Å². The Bertz CT molecular complexity index is 1580. The quantitative estimate of drug-likeness (QED) is 0.196. The van der Waals surface area contributed by atoms with E-state index < -0.39 is 0 Å². The maximum Gasteiger partial charge on any atom is 2.00 e. The minimum atomic E-state index is -0.0289. The van der Waals surface area contributed by atoms with Crippen molar-refractivity contribution in [3.63, 3.8) is 0 Å². The molecule has 4 aromatic heterocycles. The standard InChI is InChI=1S/C29H29N5O2.Pt/c1-18-13-19(2)34(32-18)23-9-8-10-24(15-23)35-25-16-26-31-20(3)21(4)33(26)28(17-25)36-27-14-22(11-12-30-27)29(5,6)7;/h8-14,16H,1-7H3;/q-2;+2. The van der Waals surface area contributed by atoms with Crippen LogP contribution in [0.5, 0.6) is 23.3 Å². The van der Waals surface area contributed by atoms with Crippen molar-refractivity contribution < 1.29 is 30.5 Å². The van der Waals surface area contributed by atoms with E-state index in [9.17, 15) is 0 Å². The van der Waals surface area contributed by atoms with Gasteiger partial charge in [-0.1, -0.05) is 20.8 Å². The summed E-state index contributed by atoms with van der Waals surface area (Å²) in [6.07, 6.45) is 1.76. The first-order valence-electron chi connectivity index (χ1n) is 11.9. The second-order valence-corrected chi connectivity index (χ2v) is 9.99. The minimum absolute atomic E-state index is 0. The molecule has 0 aliphatic carbocycles. The summed E-state index contributed by atoms with van der Waals surface area (Å²) in [5.41, 5.74) is 6.44. The number of aryl methyl sites for hydroxylation is 4. The van der Waals surface area contributed by atoms with E-state index in [1.54, 1.807) is 6.20 Å². The van der Waals surface area contributed by atoms with Gasteiger partial charge in [-0.2, -0.15) is 11.2 Å². The van der Waals surface area contributed by atoms with Gasteiger partial charge >= 0.3 is 21.1 Å². The second-order valence-electron chi connectivity index (χ2n) is 9.99. The van der Waals surface area contributed by atoms with Gasteiger partial charge in [0.05, 0.1) is 17.0 Å². The van der Waals surface area contributed by atoms with E-state index in [1.165, 1.54) is 0 Å². The van der Waals surface area contributed by atoms with Gasteiger partial charge in [0, 0.05) is 29.4 Å². The molecule has 0 aliphatic rings. The molecule has 0 bridgehead atoms. The topological polar surface area (TPSA) is 66.5 Å². The molecule has 0 atom stereocenters. The molecule has 1 aromatic carbocycles. The molecule has 0 spiro atoms. The van der Waals surface area contributed by atoms with E-state index in [-0.39, 0.29) is 26.5 Å². The fraction of sp³-hybridized carbons (Fsp3) is 0.276. The third-order valence-corrected chi connectivity index (χ3v) is 6.08. The van der Waals surface area contributed by atoms with Crippen LogP contribution in [0.15, 0.2) is 48.7 Å². The smallest absolute Gasteiger partial charge is 0.521 e. The average Bonchev–Trinajstić information content (AvgIpc) is 3.30. The molecule has 37 heavy (non-hydrogen) atoms. The van der Waals surface area contributed by atoms with Crippen LogP contribution in [0, 0.1) is 39.8 Å². The third kappa shape index (κ3) is 5.47. The van der Waals surface area contributed by atoms with Gasteiger partial charge in [-0.25, -0.2) is 4.98 Å². The van der Waals surface area contributed by atoms with E-state index in [0.29, 0.717) is 28.9 Å². The van der Waals surface area contributed by atoms with Gasteiger partial charge in [-0.15, -0.1) is 30.3 Å². The molecule has 0 fully saturated rings. The zero-order chi connectivity index (χ0) is 25.6. The average molecular weight is 675 g/mol. The molecule has 192 valence electrons. The first kappa shape index (κ1) is 26.6. The molecule has 8 heteroatoms. The van der Waals surface area contributed by atoms with E-state index in [0.717, 1.165) is 34.0 Å². The van der Waals surface area contributed by atoms with Gasteiger partial charge in [-0.3, -0.25) is 14.1 Å². The molecule has 4 heterocycles. The SMILES string of the molecule is Cc1cc(C)n(-c2[c-]c(Oc3[c-]c(Oc4cc(C(C)(C)C)ccn4)n4c(C)c(C)nc4c3)ccc2)n1.[Pt+2]. The van der Waals surface area contributed by atoms with E-state index >= 15 is 0 Å². The van der Waals surface area contributed by atoms with Crippen LogP contribution in [0.1, 0.15) is 49.1 Å². The molecule has 0 aliphatic heterocycles. The van der Waals surface area contributed by atoms with E-state index in [2.05, 4.69) is 43.0 Å². The van der Waals surface area contributed by atoms with Crippen LogP contribution in [-0.2, 0) is 26.5 Å². The molecule has 0 saturated carbocycles. The maximum absolute atomic E-state index is 6.26. The number of ether oxygens (including phenoxy) is 2. The number of hydrogen-bond acceptors (Lipinski definition) is 5. The maximum atomic E-state index is 6.26. The van der Waals surface area contributed by atoms with Gasteiger partial charge in [0.15, 0.2) is 0 Å². The molecule has 0 amide bonds. The van der Waals surface area contributed by atoms with Gasteiger partial charge in [0.25, 0.3) is 0 Å². The van der Waals surface area contributed by atoms with Crippen LogP contribution in [0.3, 0.4) is 0 Å². The Labute approximate surface area is 231 Å². The molecule has 5 rings (SSSR count). The first-order chi connectivity index (χ1) is 17.1. The predicted octanol–water partition coefficient (Wildman–Crippen LogP) is 6.63. The number of rotatable bonds is 5. The Morgan fingerprint density at radius 2 is 1.68 bits per heavy atom. The van der Waals surface area contributed by atoms with E-state index in [4.69, 9.17) is 14.5 Å².